The lowest BCUT2D eigenvalue weighted by molar-refractivity contribution is -0.00456. The van der Waals surface area contributed by atoms with Crippen LogP contribution in [0.2, 0.25) is 0 Å². The van der Waals surface area contributed by atoms with Crippen LogP contribution in [0.4, 0.5) is 4.79 Å². The topological polar surface area (TPSA) is 87.9 Å². The Kier molecular flexibility index (Phi) is 8.23. The number of nitrogens with zero attached hydrogens (tertiary/aromatic N) is 4. The van der Waals surface area contributed by atoms with Crippen LogP contribution in [0.15, 0.2) is 24.3 Å². The lowest BCUT2D eigenvalue weighted by Gasteiger charge is -2.43. The van der Waals surface area contributed by atoms with E-state index in [1.54, 1.807) is 4.90 Å². The summed E-state index contributed by atoms with van der Waals surface area (Å²) in [5, 5.41) is 9.97. The number of hydrogen-bond acceptors (Lipinski definition) is 5. The van der Waals surface area contributed by atoms with Crippen molar-refractivity contribution < 1.29 is 19.4 Å². The zero-order chi connectivity index (χ0) is 25.0. The normalized spacial score (nSPS) is 19.0. The first-order valence-corrected chi connectivity index (χ1v) is 12.4. The summed E-state index contributed by atoms with van der Waals surface area (Å²) in [4.78, 5) is 35.1. The Morgan fingerprint density at radius 2 is 1.94 bits per heavy atom. The minimum atomic E-state index is -0.614. The van der Waals surface area contributed by atoms with E-state index in [0.29, 0.717) is 38.4 Å². The van der Waals surface area contributed by atoms with Crippen LogP contribution in [0.5, 0.6) is 0 Å². The van der Waals surface area contributed by atoms with Gasteiger partial charge in [0.1, 0.15) is 5.60 Å². The maximum atomic E-state index is 14.0. The van der Waals surface area contributed by atoms with Crippen molar-refractivity contribution in [2.75, 3.05) is 26.2 Å². The summed E-state index contributed by atoms with van der Waals surface area (Å²) in [7, 11) is 0. The SMILES string of the molecule is CCCn1c(C(=O)N(CC(C)C)[C@H]2C[C@@H](CO)CN(C(=O)OC(C)(C)C)C2)nc2ccccc21. The quantitative estimate of drug-likeness (QED) is 0.654. The second-order valence-corrected chi connectivity index (χ2v) is 10.8. The molecule has 1 aromatic heterocycles. The summed E-state index contributed by atoms with van der Waals surface area (Å²) < 4.78 is 7.60. The number of imidazole rings is 1. The van der Waals surface area contributed by atoms with Crippen LogP contribution in [0.1, 0.15) is 65.0 Å². The van der Waals surface area contributed by atoms with Crippen molar-refractivity contribution in [2.45, 2.75) is 72.6 Å². The van der Waals surface area contributed by atoms with Gasteiger partial charge in [-0.1, -0.05) is 32.9 Å². The van der Waals surface area contributed by atoms with E-state index in [9.17, 15) is 14.7 Å². The third-order valence-electron chi connectivity index (χ3n) is 5.98. The van der Waals surface area contributed by atoms with Crippen LogP contribution in [0.3, 0.4) is 0 Å². The third-order valence-corrected chi connectivity index (χ3v) is 5.98. The molecule has 0 radical (unpaired) electrons. The van der Waals surface area contributed by atoms with Gasteiger partial charge in [-0.3, -0.25) is 4.79 Å². The second kappa shape index (κ2) is 10.8. The second-order valence-electron chi connectivity index (χ2n) is 10.8. The van der Waals surface area contributed by atoms with Crippen LogP contribution in [0.25, 0.3) is 11.0 Å². The van der Waals surface area contributed by atoms with Crippen molar-refractivity contribution in [3.05, 3.63) is 30.1 Å². The molecule has 1 aliphatic rings. The Balaban J connectivity index is 1.96. The number of piperidine rings is 1. The van der Waals surface area contributed by atoms with Gasteiger partial charge in [0.15, 0.2) is 5.82 Å². The minimum Gasteiger partial charge on any atom is -0.444 e. The Morgan fingerprint density at radius 1 is 1.24 bits per heavy atom. The van der Waals surface area contributed by atoms with E-state index < -0.39 is 11.7 Å². The first-order chi connectivity index (χ1) is 16.0. The number of aromatic nitrogens is 2. The maximum absolute atomic E-state index is 14.0. The van der Waals surface area contributed by atoms with Gasteiger partial charge in [-0.15, -0.1) is 0 Å². The van der Waals surface area contributed by atoms with Crippen LogP contribution >= 0.6 is 0 Å². The smallest absolute Gasteiger partial charge is 0.410 e. The predicted octanol–water partition coefficient (Wildman–Crippen LogP) is 4.16. The van der Waals surface area contributed by atoms with Gasteiger partial charge in [-0.05, 0) is 51.7 Å². The number of carbonyl (C=O) groups is 2. The van der Waals surface area contributed by atoms with E-state index in [0.717, 1.165) is 17.5 Å². The van der Waals surface area contributed by atoms with Crippen molar-refractivity contribution in [2.24, 2.45) is 11.8 Å². The molecule has 1 fully saturated rings. The highest BCUT2D eigenvalue weighted by atomic mass is 16.6. The summed E-state index contributed by atoms with van der Waals surface area (Å²) in [5.74, 6) is 0.408. The molecule has 3 rings (SSSR count). The molecule has 8 nitrogen and oxygen atoms in total. The highest BCUT2D eigenvalue weighted by Crippen LogP contribution is 2.26. The molecule has 188 valence electrons. The fourth-order valence-corrected chi connectivity index (χ4v) is 4.62. The average Bonchev–Trinajstić information content (AvgIpc) is 3.14. The molecule has 0 bridgehead atoms. The van der Waals surface area contributed by atoms with Crippen molar-refractivity contribution in [3.63, 3.8) is 0 Å². The van der Waals surface area contributed by atoms with E-state index in [1.165, 1.54) is 0 Å². The van der Waals surface area contributed by atoms with E-state index in [4.69, 9.17) is 9.72 Å². The zero-order valence-electron chi connectivity index (χ0n) is 21.5. The highest BCUT2D eigenvalue weighted by Gasteiger charge is 2.38. The van der Waals surface area contributed by atoms with Gasteiger partial charge in [-0.2, -0.15) is 0 Å². The van der Waals surface area contributed by atoms with Crippen molar-refractivity contribution in [1.29, 1.82) is 0 Å². The van der Waals surface area contributed by atoms with Crippen LogP contribution in [0, 0.1) is 11.8 Å². The van der Waals surface area contributed by atoms with E-state index in [-0.39, 0.29) is 30.4 Å². The van der Waals surface area contributed by atoms with Gasteiger partial charge in [0.05, 0.1) is 17.1 Å². The Hall–Kier alpha value is -2.61. The lowest BCUT2D eigenvalue weighted by Crippen LogP contribution is -2.56. The van der Waals surface area contributed by atoms with Crippen molar-refractivity contribution in [1.82, 2.24) is 19.4 Å². The molecule has 2 heterocycles. The number of likely N-dealkylation sites (tertiary alicyclic amines) is 1. The largest absolute Gasteiger partial charge is 0.444 e. The van der Waals surface area contributed by atoms with Gasteiger partial charge in [0.25, 0.3) is 5.91 Å². The summed E-state index contributed by atoms with van der Waals surface area (Å²) in [6.45, 7) is 13.7. The standard InChI is InChI=1S/C26H40N4O4/c1-7-12-29-22-11-9-8-10-21(22)27-23(29)24(32)30(14-18(2)3)20-13-19(17-31)15-28(16-20)25(33)34-26(4,5)6/h8-11,18-20,31H,7,12-17H2,1-6H3/t19-,20+/m1/s1. The lowest BCUT2D eigenvalue weighted by atomic mass is 9.93. The molecule has 2 aromatic rings. The Labute approximate surface area is 202 Å². The number of hydrogen-bond donors (Lipinski definition) is 1. The molecular weight excluding hydrogens is 432 g/mol. The van der Waals surface area contributed by atoms with Gasteiger partial charge < -0.3 is 24.2 Å². The molecule has 0 unspecified atom stereocenters. The molecule has 34 heavy (non-hydrogen) atoms. The number of amides is 2. The highest BCUT2D eigenvalue weighted by molar-refractivity contribution is 5.95. The first-order valence-electron chi connectivity index (χ1n) is 12.4. The number of aliphatic hydroxyl groups is 1. The molecule has 1 saturated heterocycles. The maximum Gasteiger partial charge on any atom is 0.410 e. The molecule has 0 saturated carbocycles. The first kappa shape index (κ1) is 26.0. The summed E-state index contributed by atoms with van der Waals surface area (Å²) in [5.41, 5.74) is 1.14. The number of fused-ring (bicyclic) bond motifs is 1. The van der Waals surface area contributed by atoms with Crippen LogP contribution < -0.4 is 0 Å². The number of para-hydroxylation sites is 2. The van der Waals surface area contributed by atoms with Gasteiger partial charge in [-0.25, -0.2) is 9.78 Å². The van der Waals surface area contributed by atoms with E-state index in [1.807, 2.05) is 54.5 Å². The summed E-state index contributed by atoms with van der Waals surface area (Å²) in [6, 6.07) is 7.58. The molecule has 1 aromatic carbocycles. The van der Waals surface area contributed by atoms with Crippen molar-refractivity contribution in [3.8, 4) is 0 Å². The zero-order valence-corrected chi connectivity index (χ0v) is 21.5. The summed E-state index contributed by atoms with van der Waals surface area (Å²) >= 11 is 0. The van der Waals surface area contributed by atoms with Gasteiger partial charge in [0, 0.05) is 38.7 Å². The number of benzene rings is 1. The average molecular weight is 473 g/mol. The van der Waals surface area contributed by atoms with Crippen LogP contribution in [-0.2, 0) is 11.3 Å². The molecule has 2 amide bonds. The number of aliphatic hydroxyl groups excluding tert-OH is 1. The molecular formula is C26H40N4O4. The Bertz CT molecular complexity index is 994. The van der Waals surface area contributed by atoms with Crippen LogP contribution in [-0.4, -0.2) is 74.3 Å². The number of ether oxygens (including phenoxy) is 1. The van der Waals surface area contributed by atoms with Gasteiger partial charge >= 0.3 is 6.09 Å². The minimum absolute atomic E-state index is 0.0478. The predicted molar refractivity (Wildman–Crippen MR) is 133 cm³/mol. The molecule has 2 atom stereocenters. The van der Waals surface area contributed by atoms with E-state index >= 15 is 0 Å². The molecule has 1 N–H and O–H groups in total. The molecule has 8 heteroatoms. The fraction of sp³-hybridized carbons (Fsp3) is 0.654. The summed E-state index contributed by atoms with van der Waals surface area (Å²) in [6.07, 6.45) is 1.10. The molecule has 1 aliphatic heterocycles. The molecule has 0 spiro atoms. The number of rotatable bonds is 7. The number of carbonyl (C=O) groups excluding carboxylic acids is 2. The number of aryl methyl sites for hydroxylation is 1. The fourth-order valence-electron chi connectivity index (χ4n) is 4.62. The third kappa shape index (κ3) is 6.09. The van der Waals surface area contributed by atoms with E-state index in [2.05, 4.69) is 20.8 Å². The van der Waals surface area contributed by atoms with Crippen molar-refractivity contribution >= 4 is 23.0 Å². The molecule has 0 aliphatic carbocycles. The van der Waals surface area contributed by atoms with Gasteiger partial charge in [0.2, 0.25) is 0 Å². The Morgan fingerprint density at radius 3 is 2.56 bits per heavy atom. The monoisotopic (exact) mass is 472 g/mol.